The second-order valence-electron chi connectivity index (χ2n) is 6.12. The quantitative estimate of drug-likeness (QED) is 0.765. The molecule has 0 bridgehead atoms. The zero-order valence-electron chi connectivity index (χ0n) is 14.0. The minimum absolute atomic E-state index is 0.000341. The lowest BCUT2D eigenvalue weighted by molar-refractivity contribution is -0.0406. The van der Waals surface area contributed by atoms with Crippen LogP contribution in [0.25, 0.3) is 10.9 Å². The van der Waals surface area contributed by atoms with Gasteiger partial charge in [-0.2, -0.15) is 0 Å². The van der Waals surface area contributed by atoms with Crippen LogP contribution in [0.4, 0.5) is 0 Å². The Morgan fingerprint density at radius 3 is 3.08 bits per heavy atom. The fourth-order valence-electron chi connectivity index (χ4n) is 3.05. The van der Waals surface area contributed by atoms with E-state index in [4.69, 9.17) is 21.1 Å². The number of benzene rings is 1. The highest BCUT2D eigenvalue weighted by Gasteiger charge is 2.27. The molecule has 2 aromatic heterocycles. The van der Waals surface area contributed by atoms with E-state index >= 15 is 0 Å². The van der Waals surface area contributed by atoms with Gasteiger partial charge >= 0.3 is 0 Å². The number of H-pyrrole nitrogens is 1. The van der Waals surface area contributed by atoms with Crippen molar-refractivity contribution in [2.75, 3.05) is 26.3 Å². The van der Waals surface area contributed by atoms with Crippen molar-refractivity contribution in [2.45, 2.75) is 6.10 Å². The molecule has 6 nitrogen and oxygen atoms in total. The first-order valence-electron chi connectivity index (χ1n) is 8.42. The monoisotopic (exact) mass is 371 g/mol. The Morgan fingerprint density at radius 2 is 2.23 bits per heavy atom. The molecule has 1 unspecified atom stereocenters. The van der Waals surface area contributed by atoms with E-state index < -0.39 is 0 Å². The van der Waals surface area contributed by atoms with E-state index in [0.717, 1.165) is 10.9 Å². The summed E-state index contributed by atoms with van der Waals surface area (Å²) >= 11 is 5.82. The van der Waals surface area contributed by atoms with Crippen molar-refractivity contribution in [3.05, 3.63) is 59.4 Å². The Kier molecular flexibility index (Phi) is 4.77. The number of nitrogens with zero attached hydrogens (tertiary/aromatic N) is 2. The molecule has 0 aliphatic carbocycles. The number of rotatable bonds is 4. The van der Waals surface area contributed by atoms with E-state index in [0.29, 0.717) is 42.8 Å². The van der Waals surface area contributed by atoms with E-state index in [1.54, 1.807) is 18.3 Å². The van der Waals surface area contributed by atoms with E-state index in [1.165, 1.54) is 6.20 Å². The minimum atomic E-state index is -0.199. The van der Waals surface area contributed by atoms with Crippen molar-refractivity contribution in [1.82, 2.24) is 14.9 Å². The SMILES string of the molecule is O=C(c1c[nH]c2ccccc12)N1CCOC(COc2ccc(Cl)cn2)C1. The van der Waals surface area contributed by atoms with Gasteiger partial charge in [0.2, 0.25) is 5.88 Å². The number of morpholine rings is 1. The number of halogens is 1. The molecule has 1 N–H and O–H groups in total. The molecule has 1 atom stereocenters. The molecular weight excluding hydrogens is 354 g/mol. The number of fused-ring (bicyclic) bond motifs is 1. The van der Waals surface area contributed by atoms with Gasteiger partial charge in [-0.15, -0.1) is 0 Å². The van der Waals surface area contributed by atoms with Crippen molar-refractivity contribution in [2.24, 2.45) is 0 Å². The van der Waals surface area contributed by atoms with Crippen LogP contribution in [0.5, 0.6) is 5.88 Å². The number of aromatic nitrogens is 2. The number of para-hydroxylation sites is 1. The second kappa shape index (κ2) is 7.35. The largest absolute Gasteiger partial charge is 0.475 e. The summed E-state index contributed by atoms with van der Waals surface area (Å²) in [4.78, 5) is 22.0. The molecule has 1 amide bonds. The van der Waals surface area contributed by atoms with Crippen LogP contribution in [0, 0.1) is 0 Å². The average molecular weight is 372 g/mol. The molecule has 0 spiro atoms. The van der Waals surface area contributed by atoms with E-state index in [9.17, 15) is 4.79 Å². The normalized spacial score (nSPS) is 17.4. The highest BCUT2D eigenvalue weighted by molar-refractivity contribution is 6.30. The number of hydrogen-bond donors (Lipinski definition) is 1. The number of nitrogens with one attached hydrogen (secondary N) is 1. The molecular formula is C19H18ClN3O3. The maximum absolute atomic E-state index is 12.9. The predicted octanol–water partition coefficient (Wildman–Crippen LogP) is 3.14. The highest BCUT2D eigenvalue weighted by Crippen LogP contribution is 2.21. The van der Waals surface area contributed by atoms with Gasteiger partial charge < -0.3 is 19.4 Å². The topological polar surface area (TPSA) is 67.5 Å². The van der Waals surface area contributed by atoms with Gasteiger partial charge in [0.25, 0.3) is 5.91 Å². The molecule has 4 rings (SSSR count). The van der Waals surface area contributed by atoms with E-state index in [1.807, 2.05) is 29.2 Å². The van der Waals surface area contributed by atoms with Gasteiger partial charge in [-0.3, -0.25) is 4.79 Å². The predicted molar refractivity (Wildman–Crippen MR) is 98.7 cm³/mol. The number of aromatic amines is 1. The summed E-state index contributed by atoms with van der Waals surface area (Å²) in [6.07, 6.45) is 3.10. The van der Waals surface area contributed by atoms with Gasteiger partial charge in [0.15, 0.2) is 0 Å². The van der Waals surface area contributed by atoms with Crippen LogP contribution < -0.4 is 4.74 Å². The number of carbonyl (C=O) groups is 1. The second-order valence-corrected chi connectivity index (χ2v) is 6.55. The summed E-state index contributed by atoms with van der Waals surface area (Å²) in [5, 5.41) is 1.49. The van der Waals surface area contributed by atoms with Crippen molar-refractivity contribution in [3.63, 3.8) is 0 Å². The van der Waals surface area contributed by atoms with Crippen molar-refractivity contribution in [3.8, 4) is 5.88 Å². The number of carbonyl (C=O) groups excluding carboxylic acids is 1. The zero-order valence-corrected chi connectivity index (χ0v) is 14.8. The first-order valence-corrected chi connectivity index (χ1v) is 8.80. The molecule has 134 valence electrons. The molecule has 1 fully saturated rings. The Bertz CT molecular complexity index is 910. The summed E-state index contributed by atoms with van der Waals surface area (Å²) in [7, 11) is 0. The number of hydrogen-bond acceptors (Lipinski definition) is 4. The van der Waals surface area contributed by atoms with Crippen molar-refractivity contribution < 1.29 is 14.3 Å². The van der Waals surface area contributed by atoms with Gasteiger partial charge in [0.05, 0.1) is 23.7 Å². The molecule has 3 heterocycles. The molecule has 7 heteroatoms. The summed E-state index contributed by atoms with van der Waals surface area (Å²) in [5.74, 6) is 0.485. The molecule has 1 aliphatic heterocycles. The molecule has 1 aliphatic rings. The number of ether oxygens (including phenoxy) is 2. The third-order valence-electron chi connectivity index (χ3n) is 4.36. The lowest BCUT2D eigenvalue weighted by Crippen LogP contribution is -2.47. The Labute approximate surface area is 155 Å². The summed E-state index contributed by atoms with van der Waals surface area (Å²) < 4.78 is 11.4. The highest BCUT2D eigenvalue weighted by atomic mass is 35.5. The average Bonchev–Trinajstić information content (AvgIpc) is 3.11. The lowest BCUT2D eigenvalue weighted by atomic mass is 10.1. The number of amides is 1. The summed E-state index contributed by atoms with van der Waals surface area (Å²) in [6.45, 7) is 1.85. The Hall–Kier alpha value is -2.57. The Balaban J connectivity index is 1.41. The molecule has 0 saturated carbocycles. The molecule has 26 heavy (non-hydrogen) atoms. The fourth-order valence-corrected chi connectivity index (χ4v) is 3.16. The van der Waals surface area contributed by atoms with Crippen LogP contribution in [-0.4, -0.2) is 53.2 Å². The summed E-state index contributed by atoms with van der Waals surface area (Å²) in [5.41, 5.74) is 1.64. The van der Waals surface area contributed by atoms with Gasteiger partial charge in [-0.05, 0) is 12.1 Å². The van der Waals surface area contributed by atoms with Gasteiger partial charge in [-0.1, -0.05) is 29.8 Å². The van der Waals surface area contributed by atoms with E-state index in [2.05, 4.69) is 9.97 Å². The van der Waals surface area contributed by atoms with Crippen LogP contribution in [0.2, 0.25) is 5.02 Å². The van der Waals surface area contributed by atoms with Crippen LogP contribution >= 0.6 is 11.6 Å². The lowest BCUT2D eigenvalue weighted by Gasteiger charge is -2.32. The van der Waals surface area contributed by atoms with E-state index in [-0.39, 0.29) is 12.0 Å². The third kappa shape index (κ3) is 3.52. The van der Waals surface area contributed by atoms with Gasteiger partial charge in [0.1, 0.15) is 12.7 Å². The van der Waals surface area contributed by atoms with Gasteiger partial charge in [0, 0.05) is 35.9 Å². The zero-order chi connectivity index (χ0) is 17.9. The van der Waals surface area contributed by atoms with Crippen LogP contribution in [0.15, 0.2) is 48.8 Å². The van der Waals surface area contributed by atoms with Crippen molar-refractivity contribution in [1.29, 1.82) is 0 Å². The fraction of sp³-hybridized carbons (Fsp3) is 0.263. The van der Waals surface area contributed by atoms with Crippen molar-refractivity contribution >= 4 is 28.4 Å². The summed E-state index contributed by atoms with van der Waals surface area (Å²) in [6, 6.07) is 11.2. The molecule has 3 aromatic rings. The molecule has 0 radical (unpaired) electrons. The minimum Gasteiger partial charge on any atom is -0.475 e. The first-order chi connectivity index (χ1) is 12.7. The maximum atomic E-state index is 12.9. The van der Waals surface area contributed by atoms with Crippen LogP contribution in [0.1, 0.15) is 10.4 Å². The number of pyridine rings is 1. The molecule has 1 saturated heterocycles. The van der Waals surface area contributed by atoms with Crippen LogP contribution in [-0.2, 0) is 4.74 Å². The van der Waals surface area contributed by atoms with Gasteiger partial charge in [-0.25, -0.2) is 4.98 Å². The third-order valence-corrected chi connectivity index (χ3v) is 4.59. The first kappa shape index (κ1) is 16.9. The van der Waals surface area contributed by atoms with Crippen LogP contribution in [0.3, 0.4) is 0 Å². The smallest absolute Gasteiger partial charge is 0.256 e. The standard InChI is InChI=1S/C19H18ClN3O3/c20-13-5-6-18(22-9-13)26-12-14-11-23(7-8-25-14)19(24)16-10-21-17-4-2-1-3-15(16)17/h1-6,9-10,14,21H,7-8,11-12H2. The Morgan fingerprint density at radius 1 is 1.35 bits per heavy atom. The maximum Gasteiger partial charge on any atom is 0.256 e. The molecule has 1 aromatic carbocycles.